The van der Waals surface area contributed by atoms with Crippen LogP contribution < -0.4 is 5.73 Å². The van der Waals surface area contributed by atoms with Gasteiger partial charge in [-0.1, -0.05) is 0 Å². The average Bonchev–Trinajstić information content (AvgIpc) is 2.91. The molecular formula is C14H16N4O2. The molecule has 0 bridgehead atoms. The van der Waals surface area contributed by atoms with Crippen LogP contribution in [0.25, 0.3) is 11.4 Å². The second kappa shape index (κ2) is 4.96. The van der Waals surface area contributed by atoms with Crippen LogP contribution in [-0.2, 0) is 16.0 Å². The summed E-state index contributed by atoms with van der Waals surface area (Å²) < 4.78 is 6.53. The fourth-order valence-corrected chi connectivity index (χ4v) is 2.46. The number of nitrogen functional groups attached to an aromatic ring is 1. The van der Waals surface area contributed by atoms with Crippen LogP contribution in [0.3, 0.4) is 0 Å². The lowest BCUT2D eigenvalue weighted by Crippen LogP contribution is -2.27. The van der Waals surface area contributed by atoms with E-state index in [0.29, 0.717) is 11.5 Å². The minimum absolute atomic E-state index is 0.264. The van der Waals surface area contributed by atoms with Gasteiger partial charge >= 0.3 is 5.97 Å². The van der Waals surface area contributed by atoms with E-state index in [9.17, 15) is 4.79 Å². The van der Waals surface area contributed by atoms with Crippen LogP contribution in [0.5, 0.6) is 0 Å². The highest BCUT2D eigenvalue weighted by Gasteiger charge is 2.29. The smallest absolute Gasteiger partial charge is 0.330 e. The summed E-state index contributed by atoms with van der Waals surface area (Å²) in [6, 6.07) is 7.02. The van der Waals surface area contributed by atoms with E-state index in [2.05, 4.69) is 10.1 Å². The first-order chi connectivity index (χ1) is 9.69. The summed E-state index contributed by atoms with van der Waals surface area (Å²) in [5.41, 5.74) is 7.27. The molecule has 1 aromatic carbocycles. The van der Waals surface area contributed by atoms with E-state index in [1.165, 1.54) is 7.11 Å². The monoisotopic (exact) mass is 272 g/mol. The number of ether oxygens (including phenoxy) is 1. The highest BCUT2D eigenvalue weighted by molar-refractivity contribution is 5.74. The maximum Gasteiger partial charge on any atom is 0.330 e. The topological polar surface area (TPSA) is 83.0 Å². The molecule has 2 aromatic rings. The van der Waals surface area contributed by atoms with E-state index >= 15 is 0 Å². The molecular weight excluding hydrogens is 256 g/mol. The molecule has 0 saturated carbocycles. The summed E-state index contributed by atoms with van der Waals surface area (Å²) in [5.74, 6) is 1.19. The number of hydrogen-bond donors (Lipinski definition) is 1. The van der Waals surface area contributed by atoms with E-state index in [4.69, 9.17) is 10.5 Å². The highest BCUT2D eigenvalue weighted by Crippen LogP contribution is 2.27. The first-order valence-corrected chi connectivity index (χ1v) is 6.58. The molecule has 3 rings (SSSR count). The third-order valence-corrected chi connectivity index (χ3v) is 3.52. The maximum absolute atomic E-state index is 11.8. The number of carbonyl (C=O) groups excluding carboxylic acids is 1. The Morgan fingerprint density at radius 1 is 1.40 bits per heavy atom. The Morgan fingerprint density at radius 3 is 2.85 bits per heavy atom. The van der Waals surface area contributed by atoms with Crippen LogP contribution in [0, 0.1) is 0 Å². The van der Waals surface area contributed by atoms with Gasteiger partial charge in [0.2, 0.25) is 0 Å². The molecule has 0 saturated heterocycles. The summed E-state index contributed by atoms with van der Waals surface area (Å²) in [6.07, 6.45) is 2.49. The van der Waals surface area contributed by atoms with Crippen LogP contribution in [0.15, 0.2) is 24.3 Å². The number of fused-ring (bicyclic) bond motifs is 1. The van der Waals surface area contributed by atoms with Crippen molar-refractivity contribution in [2.45, 2.75) is 25.3 Å². The van der Waals surface area contributed by atoms with Gasteiger partial charge in [-0.15, -0.1) is 5.10 Å². The van der Waals surface area contributed by atoms with Crippen molar-refractivity contribution in [2.75, 3.05) is 12.8 Å². The minimum atomic E-state index is -0.362. The Labute approximate surface area is 116 Å². The van der Waals surface area contributed by atoms with Crippen molar-refractivity contribution in [3.05, 3.63) is 30.1 Å². The Kier molecular flexibility index (Phi) is 3.14. The van der Waals surface area contributed by atoms with Crippen molar-refractivity contribution in [3.8, 4) is 11.4 Å². The quantitative estimate of drug-likeness (QED) is 0.663. The van der Waals surface area contributed by atoms with Gasteiger partial charge in [-0.3, -0.25) is 0 Å². The van der Waals surface area contributed by atoms with Gasteiger partial charge in [0.05, 0.1) is 7.11 Å². The van der Waals surface area contributed by atoms with E-state index in [1.54, 1.807) is 4.68 Å². The van der Waals surface area contributed by atoms with Gasteiger partial charge in [0.1, 0.15) is 5.82 Å². The summed E-state index contributed by atoms with van der Waals surface area (Å²) in [7, 11) is 1.40. The van der Waals surface area contributed by atoms with Gasteiger partial charge < -0.3 is 10.5 Å². The first-order valence-electron chi connectivity index (χ1n) is 6.58. The molecule has 0 radical (unpaired) electrons. The number of aryl methyl sites for hydroxylation is 1. The molecule has 6 nitrogen and oxygen atoms in total. The Morgan fingerprint density at radius 2 is 2.15 bits per heavy atom. The number of carbonyl (C=O) groups is 1. The molecule has 1 aliphatic rings. The number of benzene rings is 1. The second-order valence-electron chi connectivity index (χ2n) is 4.85. The molecule has 2 heterocycles. The predicted octanol–water partition coefficient (Wildman–Crippen LogP) is 1.58. The lowest BCUT2D eigenvalue weighted by Gasteiger charge is -2.20. The molecule has 0 amide bonds. The molecule has 2 N–H and O–H groups in total. The predicted molar refractivity (Wildman–Crippen MR) is 73.9 cm³/mol. The van der Waals surface area contributed by atoms with E-state index < -0.39 is 0 Å². The zero-order valence-electron chi connectivity index (χ0n) is 11.2. The fraction of sp³-hybridized carbons (Fsp3) is 0.357. The largest absolute Gasteiger partial charge is 0.467 e. The van der Waals surface area contributed by atoms with Gasteiger partial charge in [0.25, 0.3) is 0 Å². The van der Waals surface area contributed by atoms with Crippen molar-refractivity contribution in [1.82, 2.24) is 14.8 Å². The minimum Gasteiger partial charge on any atom is -0.467 e. The van der Waals surface area contributed by atoms with E-state index in [-0.39, 0.29) is 12.0 Å². The molecule has 20 heavy (non-hydrogen) atoms. The zero-order valence-corrected chi connectivity index (χ0v) is 11.2. The van der Waals surface area contributed by atoms with E-state index in [1.807, 2.05) is 24.3 Å². The molecule has 104 valence electrons. The van der Waals surface area contributed by atoms with Gasteiger partial charge in [-0.25, -0.2) is 14.5 Å². The normalized spacial score (nSPS) is 17.6. The van der Waals surface area contributed by atoms with Crippen LogP contribution in [0.1, 0.15) is 24.7 Å². The molecule has 1 atom stereocenters. The van der Waals surface area contributed by atoms with Gasteiger partial charge in [0.15, 0.2) is 11.9 Å². The fourth-order valence-electron chi connectivity index (χ4n) is 2.46. The summed E-state index contributed by atoms with van der Waals surface area (Å²) >= 11 is 0. The Hall–Kier alpha value is -2.37. The summed E-state index contributed by atoms with van der Waals surface area (Å²) in [6.45, 7) is 0. The van der Waals surface area contributed by atoms with Gasteiger partial charge in [0, 0.05) is 17.7 Å². The molecule has 6 heteroatoms. The number of aromatic nitrogens is 3. The lowest BCUT2D eigenvalue weighted by molar-refractivity contribution is -0.145. The van der Waals surface area contributed by atoms with Crippen molar-refractivity contribution < 1.29 is 9.53 Å². The third-order valence-electron chi connectivity index (χ3n) is 3.52. The molecule has 1 unspecified atom stereocenters. The highest BCUT2D eigenvalue weighted by atomic mass is 16.5. The van der Waals surface area contributed by atoms with Gasteiger partial charge in [-0.05, 0) is 37.1 Å². The number of nitrogens with two attached hydrogens (primary N) is 1. The van der Waals surface area contributed by atoms with Gasteiger partial charge in [-0.2, -0.15) is 0 Å². The second-order valence-corrected chi connectivity index (χ2v) is 4.85. The molecule has 0 spiro atoms. The first kappa shape index (κ1) is 12.7. The van der Waals surface area contributed by atoms with Crippen molar-refractivity contribution in [1.29, 1.82) is 0 Å². The number of methoxy groups -OCH3 is 1. The lowest BCUT2D eigenvalue weighted by atomic mass is 10.1. The molecule has 1 aromatic heterocycles. The molecule has 0 fully saturated rings. The Bertz CT molecular complexity index is 633. The average molecular weight is 272 g/mol. The zero-order chi connectivity index (χ0) is 14.1. The van der Waals surface area contributed by atoms with Crippen molar-refractivity contribution in [2.24, 2.45) is 0 Å². The SMILES string of the molecule is COC(=O)C1CCCc2nc(-c3ccc(N)cc3)nn21. The Balaban J connectivity index is 1.99. The third kappa shape index (κ3) is 2.13. The van der Waals surface area contributed by atoms with Crippen molar-refractivity contribution >= 4 is 11.7 Å². The number of hydrogen-bond acceptors (Lipinski definition) is 5. The number of rotatable bonds is 2. The number of anilines is 1. The maximum atomic E-state index is 11.8. The van der Waals surface area contributed by atoms with E-state index in [0.717, 1.165) is 30.7 Å². The van der Waals surface area contributed by atoms with Crippen LogP contribution >= 0.6 is 0 Å². The number of esters is 1. The standard InChI is InChI=1S/C14H16N4O2/c1-20-14(19)11-3-2-4-12-16-13(17-18(11)12)9-5-7-10(15)8-6-9/h5-8,11H,2-4,15H2,1H3. The van der Waals surface area contributed by atoms with Crippen LogP contribution in [0.4, 0.5) is 5.69 Å². The van der Waals surface area contributed by atoms with Crippen LogP contribution in [0.2, 0.25) is 0 Å². The molecule has 1 aliphatic heterocycles. The summed E-state index contributed by atoms with van der Waals surface area (Å²) in [5, 5.41) is 4.47. The number of nitrogens with zero attached hydrogens (tertiary/aromatic N) is 3. The van der Waals surface area contributed by atoms with Crippen molar-refractivity contribution in [3.63, 3.8) is 0 Å². The summed E-state index contributed by atoms with van der Waals surface area (Å²) in [4.78, 5) is 16.3. The van der Waals surface area contributed by atoms with Crippen LogP contribution in [-0.4, -0.2) is 27.8 Å². The molecule has 0 aliphatic carbocycles.